The van der Waals surface area contributed by atoms with Crippen LogP contribution < -0.4 is 9.64 Å². The highest BCUT2D eigenvalue weighted by atomic mass is 32.2. The third-order valence-corrected chi connectivity index (χ3v) is 7.14. The number of rotatable bonds is 3. The average Bonchev–Trinajstić information content (AvgIpc) is 3.07. The van der Waals surface area contributed by atoms with Crippen LogP contribution in [0.25, 0.3) is 10.2 Å². The summed E-state index contributed by atoms with van der Waals surface area (Å²) >= 11 is 1.41. The number of thiazole rings is 1. The number of sulfone groups is 1. The number of carbonyl (C=O) groups excluding carboxylic acids is 1. The van der Waals surface area contributed by atoms with Crippen LogP contribution in [0.5, 0.6) is 5.75 Å². The van der Waals surface area contributed by atoms with Gasteiger partial charge in [0.25, 0.3) is 0 Å². The second-order valence-electron chi connectivity index (χ2n) is 5.93. The number of amides is 1. The number of fused-ring (bicyclic) bond motifs is 2. The van der Waals surface area contributed by atoms with Gasteiger partial charge in [-0.2, -0.15) is 0 Å². The number of hydrogen-bond acceptors (Lipinski definition) is 6. The lowest BCUT2D eigenvalue weighted by molar-refractivity contribution is -0.117. The van der Waals surface area contributed by atoms with Gasteiger partial charge in [0.05, 0.1) is 34.4 Å². The number of anilines is 1. The molecule has 2 aromatic rings. The Balaban J connectivity index is 1.72. The van der Waals surface area contributed by atoms with Crippen molar-refractivity contribution in [3.8, 4) is 5.75 Å². The SMILES string of the molecule is CCOc1ccc2nc(N3C(=O)C[C@H]4CS(=O)(=O)C[C@@H]43)sc2c1. The van der Waals surface area contributed by atoms with E-state index in [0.717, 1.165) is 16.0 Å². The maximum Gasteiger partial charge on any atom is 0.229 e. The third kappa shape index (κ3) is 2.49. The van der Waals surface area contributed by atoms with Gasteiger partial charge in [-0.15, -0.1) is 0 Å². The predicted molar refractivity (Wildman–Crippen MR) is 88.8 cm³/mol. The van der Waals surface area contributed by atoms with Crippen molar-refractivity contribution in [2.45, 2.75) is 19.4 Å². The first-order valence-corrected chi connectivity index (χ1v) is 10.2. The Morgan fingerprint density at radius 3 is 3.00 bits per heavy atom. The largest absolute Gasteiger partial charge is 0.494 e. The van der Waals surface area contributed by atoms with Gasteiger partial charge in [0.1, 0.15) is 5.75 Å². The number of hydrogen-bond donors (Lipinski definition) is 0. The molecule has 2 saturated heterocycles. The summed E-state index contributed by atoms with van der Waals surface area (Å²) in [7, 11) is -3.05. The van der Waals surface area contributed by atoms with E-state index in [1.807, 2.05) is 25.1 Å². The molecule has 0 unspecified atom stereocenters. The zero-order chi connectivity index (χ0) is 16.2. The van der Waals surface area contributed by atoms with Crippen LogP contribution in [0.1, 0.15) is 13.3 Å². The standard InChI is InChI=1S/C15H16N2O4S2/c1-2-21-10-3-4-11-13(6-10)22-15(16-11)17-12-8-23(19,20)7-9(12)5-14(17)18/h3-4,6,9,12H,2,5,7-8H2,1H3/t9-,12-/m0/s1. The molecule has 0 bridgehead atoms. The smallest absolute Gasteiger partial charge is 0.229 e. The van der Waals surface area contributed by atoms with E-state index < -0.39 is 9.84 Å². The fraction of sp³-hybridized carbons (Fsp3) is 0.467. The van der Waals surface area contributed by atoms with Crippen LogP contribution in [0.15, 0.2) is 18.2 Å². The minimum atomic E-state index is -3.05. The Morgan fingerprint density at radius 2 is 2.22 bits per heavy atom. The third-order valence-electron chi connectivity index (χ3n) is 4.34. The van der Waals surface area contributed by atoms with Crippen molar-refractivity contribution in [2.24, 2.45) is 5.92 Å². The first kappa shape index (κ1) is 14.9. The fourth-order valence-electron chi connectivity index (χ4n) is 3.39. The summed E-state index contributed by atoms with van der Waals surface area (Å²) in [6.45, 7) is 2.51. The van der Waals surface area contributed by atoms with Crippen molar-refractivity contribution in [2.75, 3.05) is 23.0 Å². The van der Waals surface area contributed by atoms with E-state index in [-0.39, 0.29) is 29.4 Å². The molecule has 1 amide bonds. The number of nitrogens with zero attached hydrogens (tertiary/aromatic N) is 2. The molecule has 4 rings (SSSR count). The van der Waals surface area contributed by atoms with Gasteiger partial charge in [0, 0.05) is 12.3 Å². The summed E-state index contributed by atoms with van der Waals surface area (Å²) in [5, 5.41) is 0.586. The van der Waals surface area contributed by atoms with Gasteiger partial charge >= 0.3 is 0 Å². The minimum Gasteiger partial charge on any atom is -0.494 e. The van der Waals surface area contributed by atoms with E-state index in [4.69, 9.17) is 4.74 Å². The van der Waals surface area contributed by atoms with Crippen LogP contribution >= 0.6 is 11.3 Å². The highest BCUT2D eigenvalue weighted by molar-refractivity contribution is 7.91. The second-order valence-corrected chi connectivity index (χ2v) is 9.09. The van der Waals surface area contributed by atoms with Crippen molar-refractivity contribution < 1.29 is 17.9 Å². The zero-order valence-corrected chi connectivity index (χ0v) is 14.2. The molecule has 23 heavy (non-hydrogen) atoms. The van der Waals surface area contributed by atoms with Crippen LogP contribution in [0.3, 0.4) is 0 Å². The quantitative estimate of drug-likeness (QED) is 0.842. The van der Waals surface area contributed by atoms with Crippen LogP contribution in [-0.4, -0.2) is 43.5 Å². The Kier molecular flexibility index (Phi) is 3.35. The molecule has 2 fully saturated rings. The van der Waals surface area contributed by atoms with Gasteiger partial charge in [-0.3, -0.25) is 9.69 Å². The molecular weight excluding hydrogens is 336 g/mol. The topological polar surface area (TPSA) is 76.6 Å². The first-order valence-electron chi connectivity index (χ1n) is 7.53. The lowest BCUT2D eigenvalue weighted by Gasteiger charge is -2.19. The Morgan fingerprint density at radius 1 is 1.39 bits per heavy atom. The molecule has 6 nitrogen and oxygen atoms in total. The van der Waals surface area contributed by atoms with Gasteiger partial charge in [0.2, 0.25) is 5.91 Å². The molecule has 2 atom stereocenters. The molecule has 0 saturated carbocycles. The van der Waals surface area contributed by atoms with Gasteiger partial charge in [0.15, 0.2) is 15.0 Å². The summed E-state index contributed by atoms with van der Waals surface area (Å²) in [5.41, 5.74) is 0.797. The summed E-state index contributed by atoms with van der Waals surface area (Å²) in [6.07, 6.45) is 0.296. The molecular formula is C15H16N2O4S2. The number of benzene rings is 1. The molecule has 0 N–H and O–H groups in total. The monoisotopic (exact) mass is 352 g/mol. The average molecular weight is 352 g/mol. The molecule has 122 valence electrons. The molecule has 0 spiro atoms. The van der Waals surface area contributed by atoms with E-state index in [2.05, 4.69) is 4.98 Å². The number of ether oxygens (including phenoxy) is 1. The van der Waals surface area contributed by atoms with Gasteiger partial charge in [-0.25, -0.2) is 13.4 Å². The van der Waals surface area contributed by atoms with E-state index in [0.29, 0.717) is 18.2 Å². The maximum atomic E-state index is 12.3. The summed E-state index contributed by atoms with van der Waals surface area (Å²) in [6, 6.07) is 5.36. The van der Waals surface area contributed by atoms with Crippen molar-refractivity contribution in [1.29, 1.82) is 0 Å². The van der Waals surface area contributed by atoms with Crippen molar-refractivity contribution in [1.82, 2.24) is 4.98 Å². The molecule has 8 heteroatoms. The van der Waals surface area contributed by atoms with Gasteiger partial charge < -0.3 is 4.74 Å². The Hall–Kier alpha value is -1.67. The fourth-order valence-corrected chi connectivity index (χ4v) is 6.53. The Labute approximate surface area is 138 Å². The van der Waals surface area contributed by atoms with Crippen molar-refractivity contribution >= 4 is 42.4 Å². The maximum absolute atomic E-state index is 12.3. The highest BCUT2D eigenvalue weighted by Gasteiger charge is 2.50. The molecule has 2 aliphatic heterocycles. The molecule has 1 aromatic carbocycles. The lowest BCUT2D eigenvalue weighted by atomic mass is 10.1. The predicted octanol–water partition coefficient (Wildman–Crippen LogP) is 1.84. The minimum absolute atomic E-state index is 0.0287. The van der Waals surface area contributed by atoms with E-state index in [9.17, 15) is 13.2 Å². The molecule has 1 aromatic heterocycles. The van der Waals surface area contributed by atoms with Crippen LogP contribution in [0.2, 0.25) is 0 Å². The molecule has 2 aliphatic rings. The summed E-state index contributed by atoms with van der Waals surface area (Å²) in [5.74, 6) is 0.796. The van der Waals surface area contributed by atoms with E-state index in [1.165, 1.54) is 11.3 Å². The summed E-state index contributed by atoms with van der Waals surface area (Å²) in [4.78, 5) is 18.4. The normalized spacial score (nSPS) is 26.0. The molecule has 0 aliphatic carbocycles. The van der Waals surface area contributed by atoms with Crippen LogP contribution in [0.4, 0.5) is 5.13 Å². The van der Waals surface area contributed by atoms with Crippen molar-refractivity contribution in [3.63, 3.8) is 0 Å². The van der Waals surface area contributed by atoms with Crippen molar-refractivity contribution in [3.05, 3.63) is 18.2 Å². The highest BCUT2D eigenvalue weighted by Crippen LogP contribution is 2.40. The second kappa shape index (κ2) is 5.17. The first-order chi connectivity index (χ1) is 11.0. The molecule has 3 heterocycles. The zero-order valence-electron chi connectivity index (χ0n) is 12.6. The Bertz CT molecular complexity index is 890. The summed E-state index contributed by atoms with van der Waals surface area (Å²) < 4.78 is 30.1. The van der Waals surface area contributed by atoms with Gasteiger partial charge in [-0.05, 0) is 25.1 Å². The van der Waals surface area contributed by atoms with Gasteiger partial charge in [-0.1, -0.05) is 11.3 Å². The molecule has 0 radical (unpaired) electrons. The van der Waals surface area contributed by atoms with E-state index >= 15 is 0 Å². The lowest BCUT2D eigenvalue weighted by Crippen LogP contribution is -2.36. The van der Waals surface area contributed by atoms with Crippen LogP contribution in [-0.2, 0) is 14.6 Å². The van der Waals surface area contributed by atoms with E-state index in [1.54, 1.807) is 4.90 Å². The number of carbonyl (C=O) groups is 1. The number of aromatic nitrogens is 1. The van der Waals surface area contributed by atoms with Crippen LogP contribution in [0, 0.1) is 5.92 Å².